The number of nitrogens with zero attached hydrogens (tertiary/aromatic N) is 1. The van der Waals surface area contributed by atoms with Crippen molar-refractivity contribution < 1.29 is 9.63 Å². The summed E-state index contributed by atoms with van der Waals surface area (Å²) >= 11 is 1.43. The largest absolute Gasteiger partial charge is 0.399 e. The monoisotopic (exact) mass is 197 g/mol. The molecule has 1 aromatic rings. The first-order valence-corrected chi connectivity index (χ1v) is 4.65. The Bertz CT molecular complexity index is 341. The summed E-state index contributed by atoms with van der Waals surface area (Å²) in [5.41, 5.74) is 0.792. The van der Waals surface area contributed by atoms with Crippen molar-refractivity contribution in [3.8, 4) is 0 Å². The summed E-state index contributed by atoms with van der Waals surface area (Å²) < 4.78 is 0. The molecular weight excluding hydrogens is 186 g/mol. The van der Waals surface area contributed by atoms with Gasteiger partial charge in [0.05, 0.1) is 15.5 Å². The zero-order valence-corrected chi connectivity index (χ0v) is 8.64. The van der Waals surface area contributed by atoms with Gasteiger partial charge < -0.3 is 4.84 Å². The van der Waals surface area contributed by atoms with Crippen molar-refractivity contribution in [3.63, 3.8) is 0 Å². The van der Waals surface area contributed by atoms with Gasteiger partial charge in [-0.3, -0.25) is 4.79 Å². The highest BCUT2D eigenvalue weighted by Crippen LogP contribution is 2.17. The molecule has 0 saturated carbocycles. The molecule has 3 nitrogen and oxygen atoms in total. The Labute approximate surface area is 81.0 Å². The molecule has 0 aliphatic carbocycles. The van der Waals surface area contributed by atoms with Crippen LogP contribution in [0.15, 0.2) is 17.3 Å². The van der Waals surface area contributed by atoms with Crippen LogP contribution in [0.2, 0.25) is 0 Å². The molecule has 1 heterocycles. The van der Waals surface area contributed by atoms with Crippen LogP contribution >= 0.6 is 11.3 Å². The summed E-state index contributed by atoms with van der Waals surface area (Å²) in [6.45, 7) is 3.40. The first-order valence-electron chi connectivity index (χ1n) is 3.84. The van der Waals surface area contributed by atoms with Gasteiger partial charge in [-0.25, -0.2) is 0 Å². The van der Waals surface area contributed by atoms with Crippen LogP contribution in [0.3, 0.4) is 0 Å². The molecule has 0 aromatic carbocycles. The lowest BCUT2D eigenvalue weighted by atomic mass is 10.3. The van der Waals surface area contributed by atoms with Gasteiger partial charge in [0.25, 0.3) is 0 Å². The van der Waals surface area contributed by atoms with Crippen LogP contribution in [-0.2, 0) is 4.84 Å². The van der Waals surface area contributed by atoms with Crippen molar-refractivity contribution in [2.45, 2.75) is 13.8 Å². The van der Waals surface area contributed by atoms with Gasteiger partial charge in [0.1, 0.15) is 7.11 Å². The Kier molecular flexibility index (Phi) is 3.19. The molecule has 70 valence electrons. The maximum atomic E-state index is 11.0. The summed E-state index contributed by atoms with van der Waals surface area (Å²) in [5.74, 6) is 0.0847. The molecule has 0 bridgehead atoms. The van der Waals surface area contributed by atoms with Crippen LogP contribution in [0.1, 0.15) is 28.4 Å². The minimum absolute atomic E-state index is 0.0847. The molecule has 0 amide bonds. The van der Waals surface area contributed by atoms with Crippen molar-refractivity contribution >= 4 is 22.8 Å². The maximum absolute atomic E-state index is 11.0. The van der Waals surface area contributed by atoms with Crippen molar-refractivity contribution in [1.82, 2.24) is 0 Å². The fourth-order valence-corrected chi connectivity index (χ4v) is 1.74. The lowest BCUT2D eigenvalue weighted by molar-refractivity contribution is 0.102. The first kappa shape index (κ1) is 9.92. The van der Waals surface area contributed by atoms with Gasteiger partial charge in [0.15, 0.2) is 5.78 Å². The summed E-state index contributed by atoms with van der Waals surface area (Å²) in [5, 5.41) is 3.78. The Morgan fingerprint density at radius 1 is 1.38 bits per heavy atom. The second-order valence-corrected chi connectivity index (χ2v) is 3.66. The molecule has 1 rings (SSSR count). The summed E-state index contributed by atoms with van der Waals surface area (Å²) in [6, 6.07) is 3.68. The average molecular weight is 197 g/mol. The second kappa shape index (κ2) is 4.18. The van der Waals surface area contributed by atoms with Gasteiger partial charge >= 0.3 is 0 Å². The van der Waals surface area contributed by atoms with Crippen molar-refractivity contribution in [2.75, 3.05) is 7.11 Å². The van der Waals surface area contributed by atoms with E-state index in [2.05, 4.69) is 9.99 Å². The van der Waals surface area contributed by atoms with E-state index in [4.69, 9.17) is 0 Å². The predicted molar refractivity (Wildman–Crippen MR) is 53.5 cm³/mol. The van der Waals surface area contributed by atoms with E-state index in [0.29, 0.717) is 0 Å². The molecule has 0 radical (unpaired) electrons. The Balaban J connectivity index is 2.92. The number of rotatable bonds is 3. The van der Waals surface area contributed by atoms with Crippen molar-refractivity contribution in [2.24, 2.45) is 5.16 Å². The molecule has 0 saturated heterocycles. The van der Waals surface area contributed by atoms with Crippen molar-refractivity contribution in [3.05, 3.63) is 21.9 Å². The van der Waals surface area contributed by atoms with E-state index in [0.717, 1.165) is 15.5 Å². The number of oxime groups is 1. The summed E-state index contributed by atoms with van der Waals surface area (Å²) in [6.07, 6.45) is 0. The smallest absolute Gasteiger partial charge is 0.169 e. The highest BCUT2D eigenvalue weighted by Gasteiger charge is 2.06. The zero-order valence-electron chi connectivity index (χ0n) is 7.83. The van der Waals surface area contributed by atoms with E-state index < -0.39 is 0 Å². The Hall–Kier alpha value is -1.16. The van der Waals surface area contributed by atoms with Crippen LogP contribution < -0.4 is 0 Å². The van der Waals surface area contributed by atoms with Gasteiger partial charge in [0, 0.05) is 0 Å². The SMILES string of the molecule is CON=C(C)c1ccc(C(C)=O)s1. The molecule has 0 atom stereocenters. The van der Waals surface area contributed by atoms with Crippen molar-refractivity contribution in [1.29, 1.82) is 0 Å². The number of carbonyl (C=O) groups is 1. The topological polar surface area (TPSA) is 38.7 Å². The number of thiophene rings is 1. The minimum atomic E-state index is 0.0847. The number of hydrogen-bond acceptors (Lipinski definition) is 4. The standard InChI is InChI=1S/C9H11NO2S/c1-6(10-12-3)8-4-5-9(13-8)7(2)11/h4-5H,1-3H3. The second-order valence-electron chi connectivity index (χ2n) is 2.58. The van der Waals surface area contributed by atoms with E-state index in [9.17, 15) is 4.79 Å². The van der Waals surface area contributed by atoms with Gasteiger partial charge in [0.2, 0.25) is 0 Å². The highest BCUT2D eigenvalue weighted by molar-refractivity contribution is 7.16. The van der Waals surface area contributed by atoms with Crippen LogP contribution in [0, 0.1) is 0 Å². The van der Waals surface area contributed by atoms with Crippen LogP contribution in [0.4, 0.5) is 0 Å². The Morgan fingerprint density at radius 2 is 2.00 bits per heavy atom. The highest BCUT2D eigenvalue weighted by atomic mass is 32.1. The number of carbonyl (C=O) groups excluding carboxylic acids is 1. The van der Waals surface area contributed by atoms with Gasteiger partial charge in [-0.2, -0.15) is 0 Å². The number of Topliss-reactive ketones (excluding diaryl/α,β-unsaturated/α-hetero) is 1. The molecule has 0 spiro atoms. The normalized spacial score (nSPS) is 11.5. The molecule has 0 aliphatic heterocycles. The Morgan fingerprint density at radius 3 is 2.46 bits per heavy atom. The molecule has 0 N–H and O–H groups in total. The van der Waals surface area contributed by atoms with Crippen LogP contribution in [-0.4, -0.2) is 18.6 Å². The number of hydrogen-bond donors (Lipinski definition) is 0. The van der Waals surface area contributed by atoms with E-state index >= 15 is 0 Å². The molecule has 4 heteroatoms. The van der Waals surface area contributed by atoms with E-state index in [-0.39, 0.29) is 5.78 Å². The molecule has 1 aromatic heterocycles. The third-order valence-electron chi connectivity index (χ3n) is 1.54. The summed E-state index contributed by atoms with van der Waals surface area (Å²) in [7, 11) is 1.50. The molecule has 0 aliphatic rings. The van der Waals surface area contributed by atoms with Gasteiger partial charge in [-0.05, 0) is 26.0 Å². The average Bonchev–Trinajstić information content (AvgIpc) is 2.52. The lowest BCUT2D eigenvalue weighted by Crippen LogP contribution is -1.90. The predicted octanol–water partition coefficient (Wildman–Crippen LogP) is 2.32. The minimum Gasteiger partial charge on any atom is -0.399 e. The van der Waals surface area contributed by atoms with E-state index in [1.807, 2.05) is 13.0 Å². The maximum Gasteiger partial charge on any atom is 0.169 e. The third kappa shape index (κ3) is 2.39. The molecule has 13 heavy (non-hydrogen) atoms. The summed E-state index contributed by atoms with van der Waals surface area (Å²) in [4.78, 5) is 17.3. The quantitative estimate of drug-likeness (QED) is 0.424. The van der Waals surface area contributed by atoms with Gasteiger partial charge in [-0.15, -0.1) is 11.3 Å². The molecule has 0 fully saturated rings. The fraction of sp³-hybridized carbons (Fsp3) is 0.333. The third-order valence-corrected chi connectivity index (χ3v) is 2.83. The van der Waals surface area contributed by atoms with E-state index in [1.165, 1.54) is 18.4 Å². The molecular formula is C9H11NO2S. The van der Waals surface area contributed by atoms with Gasteiger partial charge in [-0.1, -0.05) is 5.16 Å². The van der Waals surface area contributed by atoms with Crippen LogP contribution in [0.5, 0.6) is 0 Å². The number of ketones is 1. The first-order chi connectivity index (χ1) is 6.15. The van der Waals surface area contributed by atoms with Crippen LogP contribution in [0.25, 0.3) is 0 Å². The zero-order chi connectivity index (χ0) is 9.84. The van der Waals surface area contributed by atoms with E-state index in [1.54, 1.807) is 13.0 Å². The lowest BCUT2D eigenvalue weighted by Gasteiger charge is -1.92. The fourth-order valence-electron chi connectivity index (χ4n) is 0.903. The molecule has 0 unspecified atom stereocenters.